The smallest absolute Gasteiger partial charge is 0.134 e. The minimum atomic E-state index is 0.0985. The fourth-order valence-corrected chi connectivity index (χ4v) is 1.81. The summed E-state index contributed by atoms with van der Waals surface area (Å²) in [5, 5.41) is 3.29. The number of hydrogen-bond donors (Lipinski definition) is 1. The van der Waals surface area contributed by atoms with E-state index < -0.39 is 0 Å². The highest BCUT2D eigenvalue weighted by Crippen LogP contribution is 2.25. The van der Waals surface area contributed by atoms with Crippen molar-refractivity contribution in [2.24, 2.45) is 0 Å². The van der Waals surface area contributed by atoms with Gasteiger partial charge in [0.2, 0.25) is 0 Å². The Bertz CT molecular complexity index is 377. The first-order chi connectivity index (χ1) is 8.94. The molecule has 0 saturated carbocycles. The molecule has 0 atom stereocenters. The predicted molar refractivity (Wildman–Crippen MR) is 83.0 cm³/mol. The number of hydrogen-bond acceptors (Lipinski definition) is 4. The van der Waals surface area contributed by atoms with Gasteiger partial charge in [-0.1, -0.05) is 13.8 Å². The van der Waals surface area contributed by atoms with Crippen molar-refractivity contribution in [2.75, 3.05) is 23.8 Å². The van der Waals surface area contributed by atoms with E-state index in [9.17, 15) is 0 Å². The van der Waals surface area contributed by atoms with E-state index in [2.05, 4.69) is 56.9 Å². The molecule has 0 unspecified atom stereocenters. The van der Waals surface area contributed by atoms with Crippen LogP contribution in [0.2, 0.25) is 0 Å². The molecule has 1 heterocycles. The van der Waals surface area contributed by atoms with E-state index in [0.717, 1.165) is 43.3 Å². The van der Waals surface area contributed by atoms with Crippen LogP contribution in [-0.2, 0) is 6.42 Å². The lowest BCUT2D eigenvalue weighted by Crippen LogP contribution is -2.41. The lowest BCUT2D eigenvalue weighted by molar-refractivity contribution is 0.466. The van der Waals surface area contributed by atoms with Gasteiger partial charge in [0, 0.05) is 31.6 Å². The summed E-state index contributed by atoms with van der Waals surface area (Å²) in [6.45, 7) is 11.8. The van der Waals surface area contributed by atoms with Crippen LogP contribution in [0.3, 0.4) is 0 Å². The highest BCUT2D eigenvalue weighted by Gasteiger charge is 2.23. The van der Waals surface area contributed by atoms with Crippen molar-refractivity contribution in [2.45, 2.75) is 59.4 Å². The van der Waals surface area contributed by atoms with Gasteiger partial charge in [-0.15, -0.1) is 0 Å². The molecule has 19 heavy (non-hydrogen) atoms. The van der Waals surface area contributed by atoms with E-state index >= 15 is 0 Å². The van der Waals surface area contributed by atoms with E-state index in [1.807, 2.05) is 6.07 Å². The highest BCUT2D eigenvalue weighted by molar-refractivity contribution is 5.50. The van der Waals surface area contributed by atoms with Crippen LogP contribution in [0.4, 0.5) is 11.6 Å². The first-order valence-electron chi connectivity index (χ1n) is 7.30. The molecule has 1 N–H and O–H groups in total. The van der Waals surface area contributed by atoms with Crippen molar-refractivity contribution >= 4 is 11.6 Å². The standard InChI is InChI=1S/C15H28N4/c1-7-10-12-17-13(16-9-3)11-14(18-12)19(6)15(4,5)8-2/h11H,7-10H2,1-6H3,(H,16,17,18). The Labute approximate surface area is 117 Å². The van der Waals surface area contributed by atoms with Gasteiger partial charge >= 0.3 is 0 Å². The summed E-state index contributed by atoms with van der Waals surface area (Å²) in [6, 6.07) is 2.04. The van der Waals surface area contributed by atoms with Crippen molar-refractivity contribution in [3.05, 3.63) is 11.9 Å². The second-order valence-electron chi connectivity index (χ2n) is 5.53. The number of aryl methyl sites for hydroxylation is 1. The molecule has 108 valence electrons. The van der Waals surface area contributed by atoms with Crippen molar-refractivity contribution < 1.29 is 0 Å². The fraction of sp³-hybridized carbons (Fsp3) is 0.733. The number of nitrogens with one attached hydrogen (secondary N) is 1. The minimum absolute atomic E-state index is 0.0985. The van der Waals surface area contributed by atoms with E-state index in [1.165, 1.54) is 0 Å². The zero-order valence-corrected chi connectivity index (χ0v) is 13.2. The summed E-state index contributed by atoms with van der Waals surface area (Å²) in [4.78, 5) is 11.5. The van der Waals surface area contributed by atoms with E-state index in [4.69, 9.17) is 4.98 Å². The third kappa shape index (κ3) is 4.08. The van der Waals surface area contributed by atoms with Crippen LogP contribution >= 0.6 is 0 Å². The van der Waals surface area contributed by atoms with Gasteiger partial charge in [-0.05, 0) is 33.6 Å². The summed E-state index contributed by atoms with van der Waals surface area (Å²) in [6.07, 6.45) is 3.07. The number of anilines is 2. The molecular formula is C15H28N4. The van der Waals surface area contributed by atoms with E-state index in [0.29, 0.717) is 0 Å². The van der Waals surface area contributed by atoms with Gasteiger partial charge in [-0.2, -0.15) is 0 Å². The Morgan fingerprint density at radius 1 is 1.21 bits per heavy atom. The van der Waals surface area contributed by atoms with Crippen molar-refractivity contribution in [1.82, 2.24) is 9.97 Å². The van der Waals surface area contributed by atoms with E-state index in [-0.39, 0.29) is 5.54 Å². The van der Waals surface area contributed by atoms with Crippen LogP contribution in [0.15, 0.2) is 6.07 Å². The maximum atomic E-state index is 4.69. The quantitative estimate of drug-likeness (QED) is 0.818. The molecule has 4 heteroatoms. The van der Waals surface area contributed by atoms with Gasteiger partial charge in [-0.3, -0.25) is 0 Å². The Hall–Kier alpha value is -1.32. The maximum absolute atomic E-state index is 4.69. The van der Waals surface area contributed by atoms with Gasteiger partial charge in [0.1, 0.15) is 17.5 Å². The fourth-order valence-electron chi connectivity index (χ4n) is 1.81. The molecule has 0 bridgehead atoms. The minimum Gasteiger partial charge on any atom is -0.370 e. The average molecular weight is 264 g/mol. The zero-order valence-electron chi connectivity index (χ0n) is 13.2. The van der Waals surface area contributed by atoms with Gasteiger partial charge in [0.25, 0.3) is 0 Å². The number of aromatic nitrogens is 2. The molecule has 0 aliphatic rings. The SMILES string of the molecule is CCCc1nc(NCC)cc(N(C)C(C)(C)CC)n1. The Morgan fingerprint density at radius 3 is 2.42 bits per heavy atom. The molecule has 1 aromatic rings. The molecule has 0 aliphatic heterocycles. The number of nitrogens with zero attached hydrogens (tertiary/aromatic N) is 3. The topological polar surface area (TPSA) is 41.1 Å². The summed E-state index contributed by atoms with van der Waals surface area (Å²) < 4.78 is 0. The molecule has 1 aromatic heterocycles. The van der Waals surface area contributed by atoms with Gasteiger partial charge in [-0.25, -0.2) is 9.97 Å². The first kappa shape index (κ1) is 15.7. The molecule has 4 nitrogen and oxygen atoms in total. The van der Waals surface area contributed by atoms with Crippen LogP contribution in [0.5, 0.6) is 0 Å². The van der Waals surface area contributed by atoms with Gasteiger partial charge < -0.3 is 10.2 Å². The summed E-state index contributed by atoms with van der Waals surface area (Å²) in [5.41, 5.74) is 0.0985. The zero-order chi connectivity index (χ0) is 14.5. The van der Waals surface area contributed by atoms with Crippen molar-refractivity contribution in [3.8, 4) is 0 Å². The normalized spacial score (nSPS) is 11.5. The summed E-state index contributed by atoms with van der Waals surface area (Å²) in [7, 11) is 2.11. The molecule has 0 aliphatic carbocycles. The Balaban J connectivity index is 3.11. The largest absolute Gasteiger partial charge is 0.370 e. The van der Waals surface area contributed by atoms with Crippen LogP contribution < -0.4 is 10.2 Å². The van der Waals surface area contributed by atoms with Crippen molar-refractivity contribution in [3.63, 3.8) is 0 Å². The molecule has 0 saturated heterocycles. The molecular weight excluding hydrogens is 236 g/mol. The summed E-state index contributed by atoms with van der Waals surface area (Å²) >= 11 is 0. The third-order valence-electron chi connectivity index (χ3n) is 3.71. The van der Waals surface area contributed by atoms with E-state index in [1.54, 1.807) is 0 Å². The van der Waals surface area contributed by atoms with Crippen LogP contribution in [-0.4, -0.2) is 29.1 Å². The first-order valence-corrected chi connectivity index (χ1v) is 7.30. The van der Waals surface area contributed by atoms with Crippen LogP contribution in [0.1, 0.15) is 53.3 Å². The van der Waals surface area contributed by atoms with Gasteiger partial charge in [0.15, 0.2) is 0 Å². The third-order valence-corrected chi connectivity index (χ3v) is 3.71. The Kier molecular flexibility index (Phi) is 5.58. The molecule has 1 rings (SSSR count). The van der Waals surface area contributed by atoms with Crippen LogP contribution in [0.25, 0.3) is 0 Å². The molecule has 0 fully saturated rings. The predicted octanol–water partition coefficient (Wildman–Crippen LogP) is 3.49. The lowest BCUT2D eigenvalue weighted by atomic mass is 10.00. The second-order valence-corrected chi connectivity index (χ2v) is 5.53. The molecule has 0 radical (unpaired) electrons. The maximum Gasteiger partial charge on any atom is 0.134 e. The summed E-state index contributed by atoms with van der Waals surface area (Å²) in [5.74, 6) is 2.85. The lowest BCUT2D eigenvalue weighted by Gasteiger charge is -2.36. The highest BCUT2D eigenvalue weighted by atomic mass is 15.2. The monoisotopic (exact) mass is 264 g/mol. The Morgan fingerprint density at radius 2 is 1.89 bits per heavy atom. The number of rotatable bonds is 7. The second kappa shape index (κ2) is 6.73. The average Bonchev–Trinajstić information content (AvgIpc) is 2.38. The van der Waals surface area contributed by atoms with Crippen LogP contribution in [0, 0.1) is 0 Å². The van der Waals surface area contributed by atoms with Crippen molar-refractivity contribution in [1.29, 1.82) is 0 Å². The van der Waals surface area contributed by atoms with Gasteiger partial charge in [0.05, 0.1) is 0 Å². The molecule has 0 aromatic carbocycles. The molecule has 0 spiro atoms. The molecule has 0 amide bonds.